The topological polar surface area (TPSA) is 35.5 Å². The summed E-state index contributed by atoms with van der Waals surface area (Å²) < 4.78 is 11.1. The lowest BCUT2D eigenvalue weighted by Crippen LogP contribution is -2.01. The molecule has 1 rings (SSSR count). The highest BCUT2D eigenvalue weighted by molar-refractivity contribution is 9.10. The smallest absolute Gasteiger partial charge is 0.247 e. The van der Waals surface area contributed by atoms with Gasteiger partial charge in [-0.25, -0.2) is 0 Å². The molecule has 0 aliphatic carbocycles. The minimum absolute atomic E-state index is 0.0834. The Morgan fingerprint density at radius 3 is 2.87 bits per heavy atom. The van der Waals surface area contributed by atoms with Crippen molar-refractivity contribution in [2.24, 2.45) is 0 Å². The highest BCUT2D eigenvalue weighted by Crippen LogP contribution is 2.25. The van der Waals surface area contributed by atoms with Crippen LogP contribution in [0, 0.1) is 0 Å². The van der Waals surface area contributed by atoms with Gasteiger partial charge in [0, 0.05) is 0 Å². The molecule has 0 spiro atoms. The Balaban J connectivity index is 2.58. The third-order valence-corrected chi connectivity index (χ3v) is 2.46. The lowest BCUT2D eigenvalue weighted by atomic mass is 10.2. The molecule has 1 aromatic rings. The molecule has 0 N–H and O–H groups in total. The second-order valence-corrected chi connectivity index (χ2v) is 4.09. The number of carbonyl (C=O) groups excluding carboxylic acids is 1. The van der Waals surface area contributed by atoms with E-state index < -0.39 is 5.24 Å². The fourth-order valence-electron chi connectivity index (χ4n) is 1.04. The monoisotopic (exact) mass is 292 g/mol. The molecule has 0 fully saturated rings. The van der Waals surface area contributed by atoms with Gasteiger partial charge in [-0.3, -0.25) is 4.79 Å². The molecule has 0 saturated carbocycles. The molecule has 82 valence electrons. The van der Waals surface area contributed by atoms with Gasteiger partial charge in [-0.2, -0.15) is 0 Å². The van der Waals surface area contributed by atoms with Crippen molar-refractivity contribution in [3.05, 3.63) is 28.2 Å². The Kier molecular flexibility index (Phi) is 5.08. The standard InChI is InChI=1S/C10H10BrClO3/c1-14-9-4-7(2-3-8(9)11)5-15-6-10(12)13/h2-4H,5-6H2,1H3. The molecule has 1 aromatic carbocycles. The molecule has 0 atom stereocenters. The fraction of sp³-hybridized carbons (Fsp3) is 0.300. The molecule has 0 radical (unpaired) electrons. The van der Waals surface area contributed by atoms with Crippen LogP contribution in [0.3, 0.4) is 0 Å². The number of benzene rings is 1. The Bertz CT molecular complexity index is 355. The summed E-state index contributed by atoms with van der Waals surface area (Å²) in [6.07, 6.45) is 0. The first-order valence-electron chi connectivity index (χ1n) is 4.22. The first-order chi connectivity index (χ1) is 7.13. The van der Waals surface area contributed by atoms with Crippen LogP contribution in [0.5, 0.6) is 5.75 Å². The quantitative estimate of drug-likeness (QED) is 0.783. The van der Waals surface area contributed by atoms with Crippen LogP contribution in [0.1, 0.15) is 5.56 Å². The van der Waals surface area contributed by atoms with Gasteiger partial charge in [0.25, 0.3) is 0 Å². The third-order valence-electron chi connectivity index (χ3n) is 1.70. The van der Waals surface area contributed by atoms with Gasteiger partial charge in [0.15, 0.2) is 0 Å². The normalized spacial score (nSPS) is 10.1. The van der Waals surface area contributed by atoms with Crippen LogP contribution in [0.25, 0.3) is 0 Å². The molecule has 0 heterocycles. The van der Waals surface area contributed by atoms with E-state index >= 15 is 0 Å². The minimum atomic E-state index is -0.501. The summed E-state index contributed by atoms with van der Waals surface area (Å²) in [5, 5.41) is -0.501. The van der Waals surface area contributed by atoms with Crippen molar-refractivity contribution in [3.63, 3.8) is 0 Å². The summed E-state index contributed by atoms with van der Waals surface area (Å²) in [5.74, 6) is 0.730. The van der Waals surface area contributed by atoms with Gasteiger partial charge in [-0.15, -0.1) is 0 Å². The number of carbonyl (C=O) groups is 1. The van der Waals surface area contributed by atoms with Crippen LogP contribution in [0.15, 0.2) is 22.7 Å². The molecule has 0 aliphatic heterocycles. The predicted octanol–water partition coefficient (Wildman–Crippen LogP) is 2.74. The molecule has 0 bridgehead atoms. The maximum absolute atomic E-state index is 10.4. The molecule has 0 aromatic heterocycles. The molecular weight excluding hydrogens is 283 g/mol. The lowest BCUT2D eigenvalue weighted by Gasteiger charge is -2.06. The number of rotatable bonds is 5. The van der Waals surface area contributed by atoms with Crippen LogP contribution in [-0.4, -0.2) is 19.0 Å². The van der Waals surface area contributed by atoms with Crippen molar-refractivity contribution in [1.82, 2.24) is 0 Å². The average Bonchev–Trinajstić information content (AvgIpc) is 2.20. The van der Waals surface area contributed by atoms with E-state index in [2.05, 4.69) is 15.9 Å². The van der Waals surface area contributed by atoms with Crippen molar-refractivity contribution in [3.8, 4) is 5.75 Å². The fourth-order valence-corrected chi connectivity index (χ4v) is 1.53. The Morgan fingerprint density at radius 2 is 2.27 bits per heavy atom. The summed E-state index contributed by atoms with van der Waals surface area (Å²) in [7, 11) is 1.59. The van der Waals surface area contributed by atoms with Crippen molar-refractivity contribution in [2.45, 2.75) is 6.61 Å². The van der Waals surface area contributed by atoms with Crippen molar-refractivity contribution in [2.75, 3.05) is 13.7 Å². The summed E-state index contributed by atoms with van der Waals surface area (Å²) in [6, 6.07) is 5.58. The van der Waals surface area contributed by atoms with Gasteiger partial charge >= 0.3 is 0 Å². The Morgan fingerprint density at radius 1 is 1.53 bits per heavy atom. The predicted molar refractivity (Wildman–Crippen MR) is 61.2 cm³/mol. The third kappa shape index (κ3) is 4.20. The second kappa shape index (κ2) is 6.10. The van der Waals surface area contributed by atoms with E-state index in [1.54, 1.807) is 7.11 Å². The van der Waals surface area contributed by atoms with Gasteiger partial charge in [0.2, 0.25) is 5.24 Å². The van der Waals surface area contributed by atoms with E-state index in [1.807, 2.05) is 18.2 Å². The van der Waals surface area contributed by atoms with Crippen molar-refractivity contribution in [1.29, 1.82) is 0 Å². The zero-order chi connectivity index (χ0) is 11.3. The van der Waals surface area contributed by atoms with E-state index in [9.17, 15) is 4.79 Å². The van der Waals surface area contributed by atoms with Gasteiger partial charge in [0.05, 0.1) is 18.2 Å². The zero-order valence-electron chi connectivity index (χ0n) is 8.13. The highest BCUT2D eigenvalue weighted by Gasteiger charge is 2.02. The minimum Gasteiger partial charge on any atom is -0.496 e. The lowest BCUT2D eigenvalue weighted by molar-refractivity contribution is -0.116. The van der Waals surface area contributed by atoms with E-state index in [-0.39, 0.29) is 6.61 Å². The first-order valence-corrected chi connectivity index (χ1v) is 5.39. The largest absolute Gasteiger partial charge is 0.496 e. The molecule has 15 heavy (non-hydrogen) atoms. The van der Waals surface area contributed by atoms with Gasteiger partial charge in [-0.05, 0) is 45.2 Å². The number of ether oxygens (including phenoxy) is 2. The van der Waals surface area contributed by atoms with Gasteiger partial charge in [-0.1, -0.05) is 6.07 Å². The Hall–Kier alpha value is -0.580. The SMILES string of the molecule is COc1cc(COCC(=O)Cl)ccc1Br. The van der Waals surface area contributed by atoms with Crippen molar-refractivity contribution < 1.29 is 14.3 Å². The number of halogens is 2. The van der Waals surface area contributed by atoms with E-state index in [0.29, 0.717) is 6.61 Å². The zero-order valence-corrected chi connectivity index (χ0v) is 10.5. The maximum Gasteiger partial charge on any atom is 0.247 e. The summed E-state index contributed by atoms with van der Waals surface area (Å²) in [6.45, 7) is 0.252. The molecule has 5 heteroatoms. The van der Waals surface area contributed by atoms with Crippen LogP contribution >= 0.6 is 27.5 Å². The van der Waals surface area contributed by atoms with Crippen LogP contribution in [0.4, 0.5) is 0 Å². The molecule has 3 nitrogen and oxygen atoms in total. The number of methoxy groups -OCH3 is 1. The Labute approximate surface area is 101 Å². The van der Waals surface area contributed by atoms with Crippen LogP contribution < -0.4 is 4.74 Å². The number of hydrogen-bond donors (Lipinski definition) is 0. The summed E-state index contributed by atoms with van der Waals surface area (Å²) in [4.78, 5) is 10.4. The summed E-state index contributed by atoms with van der Waals surface area (Å²) >= 11 is 8.47. The number of hydrogen-bond acceptors (Lipinski definition) is 3. The van der Waals surface area contributed by atoms with E-state index in [1.165, 1.54) is 0 Å². The van der Waals surface area contributed by atoms with Crippen molar-refractivity contribution >= 4 is 32.8 Å². The van der Waals surface area contributed by atoms with Crippen LogP contribution in [-0.2, 0) is 16.1 Å². The molecule has 0 unspecified atom stereocenters. The van der Waals surface area contributed by atoms with E-state index in [0.717, 1.165) is 15.8 Å². The molecule has 0 amide bonds. The van der Waals surface area contributed by atoms with Gasteiger partial charge in [0.1, 0.15) is 12.4 Å². The maximum atomic E-state index is 10.4. The van der Waals surface area contributed by atoms with Gasteiger partial charge < -0.3 is 9.47 Å². The van der Waals surface area contributed by atoms with Crippen LogP contribution in [0.2, 0.25) is 0 Å². The molecule has 0 saturated heterocycles. The molecular formula is C10H10BrClO3. The highest BCUT2D eigenvalue weighted by atomic mass is 79.9. The summed E-state index contributed by atoms with van der Waals surface area (Å²) in [5.41, 5.74) is 0.924. The second-order valence-electron chi connectivity index (χ2n) is 2.82. The first kappa shape index (κ1) is 12.5. The van der Waals surface area contributed by atoms with E-state index in [4.69, 9.17) is 21.1 Å². The average molecular weight is 294 g/mol. The molecule has 0 aliphatic rings.